The zero-order chi connectivity index (χ0) is 14.7. The molecule has 5 nitrogen and oxygen atoms in total. The fourth-order valence-electron chi connectivity index (χ4n) is 1.62. The maximum absolute atomic E-state index is 13.0. The van der Waals surface area contributed by atoms with Crippen LogP contribution in [0.2, 0.25) is 0 Å². The quantitative estimate of drug-likeness (QED) is 0.792. The Balaban J connectivity index is 2.12. The second kappa shape index (κ2) is 5.52. The first-order chi connectivity index (χ1) is 9.47. The number of anilines is 2. The van der Waals surface area contributed by atoms with Gasteiger partial charge in [0, 0.05) is 6.54 Å². The summed E-state index contributed by atoms with van der Waals surface area (Å²) in [7, 11) is 0. The normalized spacial score (nSPS) is 10.3. The molecule has 104 valence electrons. The fraction of sp³-hybridized carbons (Fsp3) is 0.0769. The molecule has 0 spiro atoms. The Kier molecular flexibility index (Phi) is 3.79. The number of nitrogens with two attached hydrogens (primary N) is 2. The second-order valence-electron chi connectivity index (χ2n) is 4.12. The van der Waals surface area contributed by atoms with Crippen LogP contribution in [0.15, 0.2) is 30.5 Å². The van der Waals surface area contributed by atoms with Crippen molar-refractivity contribution in [3.05, 3.63) is 53.2 Å². The molecule has 2 aromatic rings. The van der Waals surface area contributed by atoms with Gasteiger partial charge >= 0.3 is 0 Å². The summed E-state index contributed by atoms with van der Waals surface area (Å²) in [6.07, 6.45) is 1.30. The van der Waals surface area contributed by atoms with Crippen LogP contribution < -0.4 is 16.8 Å². The molecule has 7 heteroatoms. The highest BCUT2D eigenvalue weighted by molar-refractivity contribution is 5.98. The van der Waals surface area contributed by atoms with E-state index in [2.05, 4.69) is 10.3 Å². The molecular weight excluding hydrogens is 266 g/mol. The number of pyridine rings is 1. The van der Waals surface area contributed by atoms with Crippen LogP contribution in [0.5, 0.6) is 0 Å². The van der Waals surface area contributed by atoms with Crippen LogP contribution in [0, 0.1) is 11.6 Å². The van der Waals surface area contributed by atoms with Crippen molar-refractivity contribution in [1.29, 1.82) is 0 Å². The van der Waals surface area contributed by atoms with E-state index in [1.807, 2.05) is 0 Å². The van der Waals surface area contributed by atoms with Crippen molar-refractivity contribution in [3.63, 3.8) is 0 Å². The molecule has 1 heterocycles. The van der Waals surface area contributed by atoms with Gasteiger partial charge in [0.05, 0.1) is 17.4 Å². The number of hydrogen-bond acceptors (Lipinski definition) is 4. The molecule has 0 radical (unpaired) electrons. The summed E-state index contributed by atoms with van der Waals surface area (Å²) < 4.78 is 25.8. The zero-order valence-electron chi connectivity index (χ0n) is 10.4. The third kappa shape index (κ3) is 3.00. The first-order valence-corrected chi connectivity index (χ1v) is 5.70. The van der Waals surface area contributed by atoms with Gasteiger partial charge in [-0.3, -0.25) is 4.79 Å². The molecule has 0 saturated carbocycles. The predicted octanol–water partition coefficient (Wildman–Crippen LogP) is 1.65. The van der Waals surface area contributed by atoms with E-state index >= 15 is 0 Å². The Hall–Kier alpha value is -2.70. The van der Waals surface area contributed by atoms with Gasteiger partial charge in [0.2, 0.25) is 0 Å². The number of amides is 1. The van der Waals surface area contributed by atoms with E-state index in [9.17, 15) is 13.6 Å². The second-order valence-corrected chi connectivity index (χ2v) is 4.12. The largest absolute Gasteiger partial charge is 0.397 e. The number of hydrogen-bond donors (Lipinski definition) is 3. The minimum Gasteiger partial charge on any atom is -0.397 e. The maximum atomic E-state index is 13.0. The van der Waals surface area contributed by atoms with Crippen LogP contribution >= 0.6 is 0 Å². The van der Waals surface area contributed by atoms with E-state index in [1.165, 1.54) is 18.3 Å². The van der Waals surface area contributed by atoms with Crippen molar-refractivity contribution in [2.24, 2.45) is 5.73 Å². The van der Waals surface area contributed by atoms with Crippen molar-refractivity contribution < 1.29 is 13.6 Å². The molecule has 1 amide bonds. The van der Waals surface area contributed by atoms with E-state index in [0.717, 1.165) is 12.1 Å². The lowest BCUT2D eigenvalue weighted by Crippen LogP contribution is -2.14. The van der Waals surface area contributed by atoms with Gasteiger partial charge in [-0.05, 0) is 23.8 Å². The molecule has 0 aliphatic heterocycles. The fourth-order valence-corrected chi connectivity index (χ4v) is 1.62. The van der Waals surface area contributed by atoms with Crippen LogP contribution in [0.1, 0.15) is 15.9 Å². The molecule has 1 aromatic heterocycles. The highest BCUT2D eigenvalue weighted by atomic mass is 19.2. The SMILES string of the molecule is NC(=O)c1cc(NCc2ccc(F)c(F)c2)ncc1N. The molecule has 0 atom stereocenters. The minimum absolute atomic E-state index is 0.146. The molecule has 20 heavy (non-hydrogen) atoms. The number of rotatable bonds is 4. The summed E-state index contributed by atoms with van der Waals surface area (Å²) in [4.78, 5) is 15.1. The van der Waals surface area contributed by atoms with Gasteiger partial charge in [-0.2, -0.15) is 0 Å². The third-order valence-corrected chi connectivity index (χ3v) is 2.66. The molecule has 0 fully saturated rings. The molecule has 0 bridgehead atoms. The average molecular weight is 278 g/mol. The summed E-state index contributed by atoms with van der Waals surface area (Å²) in [5.41, 5.74) is 11.6. The van der Waals surface area contributed by atoms with E-state index in [0.29, 0.717) is 11.4 Å². The van der Waals surface area contributed by atoms with E-state index in [4.69, 9.17) is 11.5 Å². The number of carbonyl (C=O) groups is 1. The monoisotopic (exact) mass is 278 g/mol. The lowest BCUT2D eigenvalue weighted by molar-refractivity contribution is 0.100. The Morgan fingerprint density at radius 2 is 2.00 bits per heavy atom. The molecule has 0 aliphatic rings. The van der Waals surface area contributed by atoms with Gasteiger partial charge in [0.1, 0.15) is 5.82 Å². The standard InChI is InChI=1S/C13H12F2N4O/c14-9-2-1-7(3-10(9)15)5-18-12-4-8(13(17)20)11(16)6-19-12/h1-4,6H,5,16H2,(H2,17,20)(H,18,19). The number of nitrogen functional groups attached to an aromatic ring is 1. The van der Waals surface area contributed by atoms with Crippen LogP contribution in [0.4, 0.5) is 20.3 Å². The molecule has 0 saturated heterocycles. The van der Waals surface area contributed by atoms with Gasteiger partial charge in [-0.25, -0.2) is 13.8 Å². The number of nitrogens with one attached hydrogen (secondary N) is 1. The van der Waals surface area contributed by atoms with Crippen LogP contribution in [0.25, 0.3) is 0 Å². The topological polar surface area (TPSA) is 94.0 Å². The Bertz CT molecular complexity index is 661. The lowest BCUT2D eigenvalue weighted by Gasteiger charge is -2.08. The zero-order valence-corrected chi connectivity index (χ0v) is 10.4. The lowest BCUT2D eigenvalue weighted by atomic mass is 10.2. The number of nitrogens with zero attached hydrogens (tertiary/aromatic N) is 1. The first kappa shape index (κ1) is 13.7. The van der Waals surface area contributed by atoms with E-state index in [-0.39, 0.29) is 17.8 Å². The van der Waals surface area contributed by atoms with Crippen LogP contribution in [-0.4, -0.2) is 10.9 Å². The van der Waals surface area contributed by atoms with Crippen LogP contribution in [-0.2, 0) is 6.54 Å². The van der Waals surface area contributed by atoms with E-state index in [1.54, 1.807) is 0 Å². The highest BCUT2D eigenvalue weighted by Gasteiger charge is 2.08. The number of benzene rings is 1. The minimum atomic E-state index is -0.924. The summed E-state index contributed by atoms with van der Waals surface area (Å²) in [6.45, 7) is 0.215. The van der Waals surface area contributed by atoms with E-state index < -0.39 is 17.5 Å². The molecule has 0 aliphatic carbocycles. The molecule has 1 aromatic carbocycles. The Labute approximate surface area is 113 Å². The first-order valence-electron chi connectivity index (χ1n) is 5.70. The number of halogens is 2. The average Bonchev–Trinajstić information content (AvgIpc) is 2.41. The summed E-state index contributed by atoms with van der Waals surface area (Å²) in [5, 5.41) is 2.87. The van der Waals surface area contributed by atoms with Gasteiger partial charge in [-0.1, -0.05) is 6.07 Å². The Morgan fingerprint density at radius 1 is 1.25 bits per heavy atom. The summed E-state index contributed by atoms with van der Waals surface area (Å²) in [6, 6.07) is 4.96. The van der Waals surface area contributed by atoms with Gasteiger partial charge < -0.3 is 16.8 Å². The molecular formula is C13H12F2N4O. The number of carbonyl (C=O) groups excluding carboxylic acids is 1. The molecule has 5 N–H and O–H groups in total. The van der Waals surface area contributed by atoms with Crippen molar-refractivity contribution in [2.45, 2.75) is 6.54 Å². The smallest absolute Gasteiger partial charge is 0.250 e. The van der Waals surface area contributed by atoms with Crippen LogP contribution in [0.3, 0.4) is 0 Å². The van der Waals surface area contributed by atoms with Gasteiger partial charge in [0.15, 0.2) is 11.6 Å². The Morgan fingerprint density at radius 3 is 2.65 bits per heavy atom. The third-order valence-electron chi connectivity index (χ3n) is 2.66. The predicted molar refractivity (Wildman–Crippen MR) is 70.9 cm³/mol. The summed E-state index contributed by atoms with van der Waals surface area (Å²) >= 11 is 0. The maximum Gasteiger partial charge on any atom is 0.250 e. The van der Waals surface area contributed by atoms with Crippen molar-refractivity contribution in [1.82, 2.24) is 4.98 Å². The highest BCUT2D eigenvalue weighted by Crippen LogP contribution is 2.15. The summed E-state index contributed by atoms with van der Waals surface area (Å²) in [5.74, 6) is -2.14. The molecule has 0 unspecified atom stereocenters. The van der Waals surface area contributed by atoms with Gasteiger partial charge in [-0.15, -0.1) is 0 Å². The van der Waals surface area contributed by atoms with Crippen molar-refractivity contribution in [3.8, 4) is 0 Å². The number of primary amides is 1. The van der Waals surface area contributed by atoms with Crippen molar-refractivity contribution in [2.75, 3.05) is 11.1 Å². The van der Waals surface area contributed by atoms with Gasteiger partial charge in [0.25, 0.3) is 5.91 Å². The van der Waals surface area contributed by atoms with Crippen molar-refractivity contribution >= 4 is 17.4 Å². The number of aromatic nitrogens is 1. The molecule has 2 rings (SSSR count).